The maximum absolute atomic E-state index is 5.82. The monoisotopic (exact) mass is 187 g/mol. The first-order chi connectivity index (χ1) is 6.34. The molecule has 1 aliphatic carbocycles. The molecule has 2 unspecified atom stereocenters. The molecule has 0 aromatic heterocycles. The van der Waals surface area contributed by atoms with Gasteiger partial charge in [0.2, 0.25) is 0 Å². The third-order valence-electron chi connectivity index (χ3n) is 2.77. The molecule has 2 atom stereocenters. The number of methoxy groups -OCH3 is 1. The Labute approximate surface area is 80.6 Å². The number of ether oxygens (including phenoxy) is 2. The molecule has 0 amide bonds. The van der Waals surface area contributed by atoms with E-state index in [4.69, 9.17) is 15.2 Å². The van der Waals surface area contributed by atoms with Crippen molar-refractivity contribution >= 4 is 0 Å². The first-order valence-electron chi connectivity index (χ1n) is 5.17. The molecular formula is C10H21NO2. The van der Waals surface area contributed by atoms with Crippen molar-refractivity contribution in [1.29, 1.82) is 0 Å². The van der Waals surface area contributed by atoms with Crippen molar-refractivity contribution in [2.75, 3.05) is 26.9 Å². The van der Waals surface area contributed by atoms with Crippen LogP contribution in [-0.4, -0.2) is 33.0 Å². The van der Waals surface area contributed by atoms with Crippen LogP contribution in [-0.2, 0) is 9.47 Å². The molecule has 2 N–H and O–H groups in total. The fraction of sp³-hybridized carbons (Fsp3) is 1.00. The molecule has 0 bridgehead atoms. The predicted molar refractivity (Wildman–Crippen MR) is 52.6 cm³/mol. The third kappa shape index (κ3) is 4.07. The lowest BCUT2D eigenvalue weighted by molar-refractivity contribution is 0.0645. The van der Waals surface area contributed by atoms with Crippen LogP contribution in [0, 0.1) is 5.92 Å². The zero-order valence-electron chi connectivity index (χ0n) is 8.50. The van der Waals surface area contributed by atoms with Crippen LogP contribution in [0.25, 0.3) is 0 Å². The largest absolute Gasteiger partial charge is 0.382 e. The highest BCUT2D eigenvalue weighted by atomic mass is 16.5. The van der Waals surface area contributed by atoms with Gasteiger partial charge in [0.05, 0.1) is 13.2 Å². The second kappa shape index (κ2) is 6.35. The summed E-state index contributed by atoms with van der Waals surface area (Å²) in [5, 5.41) is 0. The van der Waals surface area contributed by atoms with Crippen LogP contribution >= 0.6 is 0 Å². The molecule has 0 aromatic rings. The van der Waals surface area contributed by atoms with Gasteiger partial charge in [-0.3, -0.25) is 0 Å². The Bertz CT molecular complexity index is 130. The third-order valence-corrected chi connectivity index (χ3v) is 2.77. The molecule has 0 heterocycles. The van der Waals surface area contributed by atoms with Gasteiger partial charge in [0, 0.05) is 19.8 Å². The highest BCUT2D eigenvalue weighted by Gasteiger charge is 2.26. The van der Waals surface area contributed by atoms with Crippen LogP contribution in [0.2, 0.25) is 0 Å². The van der Waals surface area contributed by atoms with E-state index >= 15 is 0 Å². The second-order valence-corrected chi connectivity index (χ2v) is 3.75. The van der Waals surface area contributed by atoms with Crippen molar-refractivity contribution < 1.29 is 9.47 Å². The van der Waals surface area contributed by atoms with E-state index in [9.17, 15) is 0 Å². The summed E-state index contributed by atoms with van der Waals surface area (Å²) in [4.78, 5) is 0. The lowest BCUT2D eigenvalue weighted by Gasteiger charge is -2.33. The summed E-state index contributed by atoms with van der Waals surface area (Å²) in [5.74, 6) is 0.769. The van der Waals surface area contributed by atoms with E-state index in [2.05, 4.69) is 0 Å². The minimum absolute atomic E-state index is 0.471. The smallest absolute Gasteiger partial charge is 0.0700 e. The Morgan fingerprint density at radius 3 is 2.62 bits per heavy atom. The Balaban J connectivity index is 1.79. The lowest BCUT2D eigenvalue weighted by Crippen LogP contribution is -2.39. The molecular weight excluding hydrogens is 166 g/mol. The molecule has 1 fully saturated rings. The van der Waals surface area contributed by atoms with E-state index in [0.29, 0.717) is 19.3 Å². The highest BCUT2D eigenvalue weighted by Crippen LogP contribution is 2.29. The first-order valence-corrected chi connectivity index (χ1v) is 5.17. The SMILES string of the molecule is COCCOCCCC1CCC1N. The topological polar surface area (TPSA) is 44.5 Å². The number of rotatable bonds is 7. The standard InChI is InChI=1S/C10H21NO2/c1-12-7-8-13-6-2-3-9-4-5-10(9)11/h9-10H,2-8,11H2,1H3. The average Bonchev–Trinajstić information content (AvgIpc) is 2.14. The van der Waals surface area contributed by atoms with Gasteiger partial charge in [0.15, 0.2) is 0 Å². The Hall–Kier alpha value is -0.120. The van der Waals surface area contributed by atoms with Crippen molar-refractivity contribution in [2.24, 2.45) is 11.7 Å². The van der Waals surface area contributed by atoms with Crippen molar-refractivity contribution in [3.8, 4) is 0 Å². The minimum Gasteiger partial charge on any atom is -0.382 e. The van der Waals surface area contributed by atoms with Crippen molar-refractivity contribution in [3.05, 3.63) is 0 Å². The normalized spacial score (nSPS) is 27.2. The van der Waals surface area contributed by atoms with Crippen LogP contribution in [0.4, 0.5) is 0 Å². The minimum atomic E-state index is 0.471. The van der Waals surface area contributed by atoms with Crippen LogP contribution in [0.3, 0.4) is 0 Å². The van der Waals surface area contributed by atoms with Crippen molar-refractivity contribution in [3.63, 3.8) is 0 Å². The summed E-state index contributed by atoms with van der Waals surface area (Å²) in [6.07, 6.45) is 4.91. The first kappa shape index (κ1) is 11.0. The lowest BCUT2D eigenvalue weighted by atomic mass is 9.77. The van der Waals surface area contributed by atoms with Gasteiger partial charge in [0.1, 0.15) is 0 Å². The van der Waals surface area contributed by atoms with Crippen LogP contribution < -0.4 is 5.73 Å². The van der Waals surface area contributed by atoms with Gasteiger partial charge in [-0.25, -0.2) is 0 Å². The summed E-state index contributed by atoms with van der Waals surface area (Å²) in [6.45, 7) is 2.27. The molecule has 0 saturated heterocycles. The Kier molecular flexibility index (Phi) is 5.35. The quantitative estimate of drug-likeness (QED) is 0.608. The molecule has 0 radical (unpaired) electrons. The van der Waals surface area contributed by atoms with E-state index in [1.165, 1.54) is 19.3 Å². The fourth-order valence-electron chi connectivity index (χ4n) is 1.65. The van der Waals surface area contributed by atoms with Crippen LogP contribution in [0.1, 0.15) is 25.7 Å². The molecule has 1 rings (SSSR count). The molecule has 0 aliphatic heterocycles. The molecule has 3 nitrogen and oxygen atoms in total. The summed E-state index contributed by atoms with van der Waals surface area (Å²) >= 11 is 0. The summed E-state index contributed by atoms with van der Waals surface area (Å²) in [6, 6.07) is 0.471. The molecule has 1 saturated carbocycles. The molecule has 13 heavy (non-hydrogen) atoms. The van der Waals surface area contributed by atoms with Gasteiger partial charge in [-0.05, 0) is 31.6 Å². The second-order valence-electron chi connectivity index (χ2n) is 3.75. The Morgan fingerprint density at radius 2 is 2.08 bits per heavy atom. The van der Waals surface area contributed by atoms with Gasteiger partial charge in [-0.2, -0.15) is 0 Å². The highest BCUT2D eigenvalue weighted by molar-refractivity contribution is 4.83. The Morgan fingerprint density at radius 1 is 1.23 bits per heavy atom. The van der Waals surface area contributed by atoms with E-state index < -0.39 is 0 Å². The van der Waals surface area contributed by atoms with Gasteiger partial charge in [-0.15, -0.1) is 0 Å². The molecule has 3 heteroatoms. The van der Waals surface area contributed by atoms with Crippen LogP contribution in [0.5, 0.6) is 0 Å². The molecule has 0 spiro atoms. The maximum atomic E-state index is 5.82. The fourth-order valence-corrected chi connectivity index (χ4v) is 1.65. The van der Waals surface area contributed by atoms with E-state index in [1.54, 1.807) is 7.11 Å². The summed E-state index contributed by atoms with van der Waals surface area (Å²) in [7, 11) is 1.69. The van der Waals surface area contributed by atoms with Gasteiger partial charge < -0.3 is 15.2 Å². The zero-order chi connectivity index (χ0) is 9.52. The van der Waals surface area contributed by atoms with Crippen molar-refractivity contribution in [2.45, 2.75) is 31.7 Å². The molecule has 0 aromatic carbocycles. The molecule has 1 aliphatic rings. The number of nitrogens with two attached hydrogens (primary N) is 1. The predicted octanol–water partition coefficient (Wildman–Crippen LogP) is 1.17. The number of hydrogen-bond donors (Lipinski definition) is 1. The summed E-state index contributed by atoms with van der Waals surface area (Å²) < 4.78 is 10.2. The van der Waals surface area contributed by atoms with Gasteiger partial charge >= 0.3 is 0 Å². The zero-order valence-corrected chi connectivity index (χ0v) is 8.50. The van der Waals surface area contributed by atoms with Gasteiger partial charge in [0.25, 0.3) is 0 Å². The number of hydrogen-bond acceptors (Lipinski definition) is 3. The van der Waals surface area contributed by atoms with E-state index in [-0.39, 0.29) is 0 Å². The average molecular weight is 187 g/mol. The van der Waals surface area contributed by atoms with Crippen LogP contribution in [0.15, 0.2) is 0 Å². The van der Waals surface area contributed by atoms with Gasteiger partial charge in [-0.1, -0.05) is 0 Å². The van der Waals surface area contributed by atoms with E-state index in [0.717, 1.165) is 18.9 Å². The van der Waals surface area contributed by atoms with E-state index in [1.807, 2.05) is 0 Å². The maximum Gasteiger partial charge on any atom is 0.0700 e. The summed E-state index contributed by atoms with van der Waals surface area (Å²) in [5.41, 5.74) is 5.82. The van der Waals surface area contributed by atoms with Crippen molar-refractivity contribution in [1.82, 2.24) is 0 Å². The molecule has 78 valence electrons.